The van der Waals surface area contributed by atoms with Crippen molar-refractivity contribution in [3.63, 3.8) is 0 Å². The number of hydrogen-bond donors (Lipinski definition) is 1. The van der Waals surface area contributed by atoms with Crippen LogP contribution in [-0.4, -0.2) is 35.0 Å². The fraction of sp³-hybridized carbons (Fsp3) is 0.429. The molecule has 1 N–H and O–H groups in total. The number of methoxy groups -OCH3 is 1. The number of ether oxygens (including phenoxy) is 1. The molecule has 0 amide bonds. The molecule has 21 heavy (non-hydrogen) atoms. The van der Waals surface area contributed by atoms with Gasteiger partial charge in [0.15, 0.2) is 0 Å². The van der Waals surface area contributed by atoms with Gasteiger partial charge in [-0.15, -0.1) is 0 Å². The molecule has 2 aromatic heterocycles. The molecule has 2 heterocycles. The summed E-state index contributed by atoms with van der Waals surface area (Å²) in [6, 6.07) is 1.38. The summed E-state index contributed by atoms with van der Waals surface area (Å²) in [5.74, 6) is -0.338. The average molecular weight is 357 g/mol. The Balaban J connectivity index is 2.43. The zero-order valence-corrected chi connectivity index (χ0v) is 13.6. The van der Waals surface area contributed by atoms with E-state index < -0.39 is 0 Å². The van der Waals surface area contributed by atoms with Crippen LogP contribution in [0.15, 0.2) is 29.1 Å². The van der Waals surface area contributed by atoms with Crippen LogP contribution >= 0.6 is 15.9 Å². The summed E-state index contributed by atoms with van der Waals surface area (Å²) in [5, 5.41) is 7.62. The minimum atomic E-state index is -0.338. The predicted molar refractivity (Wildman–Crippen MR) is 81.5 cm³/mol. The largest absolute Gasteiger partial charge is 0.383 e. The van der Waals surface area contributed by atoms with Gasteiger partial charge in [0.05, 0.1) is 41.8 Å². The molecule has 0 saturated carbocycles. The van der Waals surface area contributed by atoms with Crippen molar-refractivity contribution in [1.29, 1.82) is 0 Å². The molecule has 0 saturated heterocycles. The molecular weight excluding hydrogens is 339 g/mol. The molecule has 0 aliphatic rings. The van der Waals surface area contributed by atoms with Crippen molar-refractivity contribution in [1.82, 2.24) is 20.1 Å². The first-order valence-electron chi connectivity index (χ1n) is 6.72. The summed E-state index contributed by atoms with van der Waals surface area (Å²) >= 11 is 3.50. The Morgan fingerprint density at radius 3 is 2.95 bits per heavy atom. The van der Waals surface area contributed by atoms with Gasteiger partial charge in [0, 0.05) is 18.9 Å². The Labute approximate surface area is 131 Å². The normalized spacial score (nSPS) is 12.6. The topological polar surface area (TPSA) is 52.0 Å². The highest BCUT2D eigenvalue weighted by atomic mass is 79.9. The molecule has 114 valence electrons. The van der Waals surface area contributed by atoms with E-state index in [1.54, 1.807) is 25.6 Å². The smallest absolute Gasteiger partial charge is 0.146 e. The van der Waals surface area contributed by atoms with Gasteiger partial charge in [0.1, 0.15) is 5.82 Å². The number of nitrogens with zero attached hydrogens (tertiary/aromatic N) is 3. The zero-order chi connectivity index (χ0) is 15.2. The lowest BCUT2D eigenvalue weighted by Crippen LogP contribution is -2.26. The van der Waals surface area contributed by atoms with Gasteiger partial charge in [0.2, 0.25) is 0 Å². The van der Waals surface area contributed by atoms with Gasteiger partial charge >= 0.3 is 0 Å². The van der Waals surface area contributed by atoms with E-state index in [-0.39, 0.29) is 11.9 Å². The summed E-state index contributed by atoms with van der Waals surface area (Å²) in [7, 11) is 1.64. The maximum atomic E-state index is 14.1. The van der Waals surface area contributed by atoms with E-state index in [1.807, 2.05) is 11.6 Å². The van der Waals surface area contributed by atoms with Crippen LogP contribution in [0.25, 0.3) is 0 Å². The number of nitrogens with one attached hydrogen (secondary N) is 1. The monoisotopic (exact) mass is 356 g/mol. The molecule has 5 nitrogen and oxygen atoms in total. The van der Waals surface area contributed by atoms with Crippen molar-refractivity contribution in [2.24, 2.45) is 0 Å². The van der Waals surface area contributed by atoms with E-state index in [1.165, 1.54) is 6.20 Å². The highest BCUT2D eigenvalue weighted by Crippen LogP contribution is 2.29. The third kappa shape index (κ3) is 3.66. The quantitative estimate of drug-likeness (QED) is 0.828. The standard InChI is InChI=1S/C14H18BrFN4O/c1-3-18-13(10-4-5-17-9-12(10)16)14-11(15)8-19-20(14)6-7-21-2/h4-5,8-9,13,18H,3,6-7H2,1-2H3. The van der Waals surface area contributed by atoms with Crippen LogP contribution in [0.1, 0.15) is 24.2 Å². The summed E-state index contributed by atoms with van der Waals surface area (Å²) in [6.07, 6.45) is 4.53. The Hall–Kier alpha value is -1.31. The lowest BCUT2D eigenvalue weighted by molar-refractivity contribution is 0.182. The molecule has 2 aromatic rings. The minimum absolute atomic E-state index is 0.299. The Morgan fingerprint density at radius 1 is 1.48 bits per heavy atom. The van der Waals surface area contributed by atoms with Crippen LogP contribution in [-0.2, 0) is 11.3 Å². The van der Waals surface area contributed by atoms with Crippen molar-refractivity contribution in [3.8, 4) is 0 Å². The van der Waals surface area contributed by atoms with E-state index >= 15 is 0 Å². The number of pyridine rings is 1. The van der Waals surface area contributed by atoms with Gasteiger partial charge in [-0.1, -0.05) is 6.92 Å². The van der Waals surface area contributed by atoms with E-state index in [9.17, 15) is 4.39 Å². The highest BCUT2D eigenvalue weighted by Gasteiger charge is 2.23. The van der Waals surface area contributed by atoms with Gasteiger partial charge in [-0.25, -0.2) is 4.39 Å². The Morgan fingerprint density at radius 2 is 2.29 bits per heavy atom. The zero-order valence-electron chi connectivity index (χ0n) is 12.0. The summed E-state index contributed by atoms with van der Waals surface area (Å²) in [4.78, 5) is 3.81. The van der Waals surface area contributed by atoms with Crippen molar-refractivity contribution in [3.05, 3.63) is 46.2 Å². The molecule has 0 radical (unpaired) electrons. The SMILES string of the molecule is CCNC(c1ccncc1F)c1c(Br)cnn1CCOC. The first kappa shape index (κ1) is 16.1. The first-order chi connectivity index (χ1) is 10.2. The fourth-order valence-corrected chi connectivity index (χ4v) is 2.72. The van der Waals surface area contributed by atoms with Crippen LogP contribution in [0.4, 0.5) is 4.39 Å². The molecule has 1 atom stereocenters. The highest BCUT2D eigenvalue weighted by molar-refractivity contribution is 9.10. The second kappa shape index (κ2) is 7.63. The van der Waals surface area contributed by atoms with Crippen LogP contribution in [0.5, 0.6) is 0 Å². The summed E-state index contributed by atoms with van der Waals surface area (Å²) < 4.78 is 21.9. The lowest BCUT2D eigenvalue weighted by Gasteiger charge is -2.21. The summed E-state index contributed by atoms with van der Waals surface area (Å²) in [5.41, 5.74) is 1.42. The van der Waals surface area contributed by atoms with Gasteiger partial charge < -0.3 is 10.1 Å². The fourth-order valence-electron chi connectivity index (χ4n) is 2.19. The van der Waals surface area contributed by atoms with Crippen molar-refractivity contribution >= 4 is 15.9 Å². The Bertz CT molecular complexity index is 590. The molecule has 2 rings (SSSR count). The van der Waals surface area contributed by atoms with E-state index in [2.05, 4.69) is 31.3 Å². The maximum Gasteiger partial charge on any atom is 0.146 e. The average Bonchev–Trinajstić information content (AvgIpc) is 2.84. The first-order valence-corrected chi connectivity index (χ1v) is 7.51. The molecular formula is C14H18BrFN4O. The molecule has 1 unspecified atom stereocenters. The summed E-state index contributed by atoms with van der Waals surface area (Å²) in [6.45, 7) is 3.83. The van der Waals surface area contributed by atoms with Crippen molar-refractivity contribution in [2.45, 2.75) is 19.5 Å². The van der Waals surface area contributed by atoms with E-state index in [0.29, 0.717) is 25.3 Å². The third-order valence-corrected chi connectivity index (χ3v) is 3.75. The number of rotatable bonds is 7. The number of hydrogen-bond acceptors (Lipinski definition) is 4. The lowest BCUT2D eigenvalue weighted by atomic mass is 10.0. The molecule has 0 fully saturated rings. The van der Waals surface area contributed by atoms with Crippen LogP contribution in [0, 0.1) is 5.82 Å². The number of aromatic nitrogens is 3. The van der Waals surface area contributed by atoms with Gasteiger partial charge in [-0.05, 0) is 28.5 Å². The molecule has 0 bridgehead atoms. The van der Waals surface area contributed by atoms with Crippen LogP contribution in [0.2, 0.25) is 0 Å². The molecule has 0 aliphatic carbocycles. The molecule has 0 aliphatic heterocycles. The van der Waals surface area contributed by atoms with Crippen LogP contribution in [0.3, 0.4) is 0 Å². The van der Waals surface area contributed by atoms with Crippen molar-refractivity contribution < 1.29 is 9.13 Å². The molecule has 7 heteroatoms. The van der Waals surface area contributed by atoms with E-state index in [4.69, 9.17) is 4.74 Å². The third-order valence-electron chi connectivity index (χ3n) is 3.14. The van der Waals surface area contributed by atoms with Gasteiger partial charge in [-0.2, -0.15) is 5.10 Å². The maximum absolute atomic E-state index is 14.1. The second-order valence-electron chi connectivity index (χ2n) is 4.48. The van der Waals surface area contributed by atoms with Crippen molar-refractivity contribution in [2.75, 3.05) is 20.3 Å². The second-order valence-corrected chi connectivity index (χ2v) is 5.34. The van der Waals surface area contributed by atoms with Gasteiger partial charge in [-0.3, -0.25) is 9.67 Å². The van der Waals surface area contributed by atoms with Gasteiger partial charge in [0.25, 0.3) is 0 Å². The minimum Gasteiger partial charge on any atom is -0.383 e. The molecule has 0 spiro atoms. The van der Waals surface area contributed by atoms with E-state index in [0.717, 1.165) is 10.2 Å². The van der Waals surface area contributed by atoms with Crippen LogP contribution < -0.4 is 5.32 Å². The molecule has 0 aromatic carbocycles. The number of halogens is 2. The Kier molecular flexibility index (Phi) is 5.84. The predicted octanol–water partition coefficient (Wildman–Crippen LogP) is 2.53.